The summed E-state index contributed by atoms with van der Waals surface area (Å²) < 4.78 is 5.16. The van der Waals surface area contributed by atoms with E-state index in [1.54, 1.807) is 0 Å². The Labute approximate surface area is 135 Å². The zero-order chi connectivity index (χ0) is 17.3. The summed E-state index contributed by atoms with van der Waals surface area (Å²) in [6.07, 6.45) is -1.33. The lowest BCUT2D eigenvalue weighted by molar-refractivity contribution is 0.0523. The van der Waals surface area contributed by atoms with Gasteiger partial charge in [0.2, 0.25) is 0 Å². The van der Waals surface area contributed by atoms with Crippen LogP contribution in [0, 0.1) is 0 Å². The molecule has 0 heterocycles. The minimum absolute atomic E-state index is 0.0195. The molecule has 23 heavy (non-hydrogen) atoms. The predicted octanol–water partition coefficient (Wildman–Crippen LogP) is 2.43. The van der Waals surface area contributed by atoms with E-state index in [2.05, 4.69) is 20.7 Å². The second-order valence-corrected chi connectivity index (χ2v) is 5.98. The lowest BCUT2D eigenvalue weighted by atomic mass is 10.1. The standard InChI is InChI=1S/C15H23N5O3/c1-15(2,3)23-14(22)18-9-12-6-4-11(5-7-12)8-17-13(21)10-19-20-16/h4-7,13,17,21H,8-10H2,1-3H3,(H,18,22). The van der Waals surface area contributed by atoms with Gasteiger partial charge in [0, 0.05) is 18.0 Å². The molecule has 0 saturated heterocycles. The van der Waals surface area contributed by atoms with Crippen LogP contribution in [0.1, 0.15) is 31.9 Å². The molecule has 0 aliphatic carbocycles. The number of nitrogens with zero attached hydrogens (tertiary/aromatic N) is 3. The van der Waals surface area contributed by atoms with Gasteiger partial charge in [-0.1, -0.05) is 29.4 Å². The first kappa shape index (κ1) is 18.8. The number of ether oxygens (including phenoxy) is 1. The third-order valence-electron chi connectivity index (χ3n) is 2.72. The molecule has 1 aromatic rings. The number of hydrogen-bond acceptors (Lipinski definition) is 5. The van der Waals surface area contributed by atoms with E-state index in [0.717, 1.165) is 11.1 Å². The molecule has 0 spiro atoms. The van der Waals surface area contributed by atoms with Crippen LogP contribution in [-0.2, 0) is 17.8 Å². The molecule has 1 amide bonds. The SMILES string of the molecule is CC(C)(C)OC(=O)NCc1ccc(CNC(O)CN=[N+]=[N-])cc1. The Hall–Kier alpha value is -2.28. The number of aliphatic hydroxyl groups is 1. The molecule has 0 fully saturated rings. The van der Waals surface area contributed by atoms with Crippen molar-refractivity contribution < 1.29 is 14.6 Å². The van der Waals surface area contributed by atoms with Crippen LogP contribution < -0.4 is 10.6 Å². The molecule has 0 aliphatic heterocycles. The molecule has 0 bridgehead atoms. The van der Waals surface area contributed by atoms with E-state index in [4.69, 9.17) is 10.3 Å². The molecular formula is C15H23N5O3. The van der Waals surface area contributed by atoms with Gasteiger partial charge >= 0.3 is 6.09 Å². The number of nitrogens with one attached hydrogen (secondary N) is 2. The van der Waals surface area contributed by atoms with Crippen LogP contribution in [0.5, 0.6) is 0 Å². The Morgan fingerprint density at radius 3 is 2.39 bits per heavy atom. The van der Waals surface area contributed by atoms with Crippen molar-refractivity contribution in [2.45, 2.75) is 45.7 Å². The summed E-state index contributed by atoms with van der Waals surface area (Å²) in [5, 5.41) is 18.3. The highest BCUT2D eigenvalue weighted by Gasteiger charge is 2.15. The van der Waals surface area contributed by atoms with Gasteiger partial charge in [-0.2, -0.15) is 0 Å². The highest BCUT2D eigenvalue weighted by Crippen LogP contribution is 2.08. The monoisotopic (exact) mass is 321 g/mol. The van der Waals surface area contributed by atoms with Gasteiger partial charge in [0.05, 0.1) is 6.54 Å². The topological polar surface area (TPSA) is 119 Å². The number of amides is 1. The van der Waals surface area contributed by atoms with E-state index < -0.39 is 17.9 Å². The summed E-state index contributed by atoms with van der Waals surface area (Å²) in [5.41, 5.74) is 9.55. The Kier molecular flexibility index (Phi) is 7.34. The fraction of sp³-hybridized carbons (Fsp3) is 0.533. The quantitative estimate of drug-likeness (QED) is 0.309. The minimum Gasteiger partial charge on any atom is -0.444 e. The summed E-state index contributed by atoms with van der Waals surface area (Å²) in [6.45, 7) is 6.23. The van der Waals surface area contributed by atoms with Gasteiger partial charge < -0.3 is 15.2 Å². The van der Waals surface area contributed by atoms with Crippen molar-refractivity contribution in [2.24, 2.45) is 5.11 Å². The summed E-state index contributed by atoms with van der Waals surface area (Å²) >= 11 is 0. The fourth-order valence-electron chi connectivity index (χ4n) is 1.68. The van der Waals surface area contributed by atoms with Crippen LogP contribution in [-0.4, -0.2) is 29.6 Å². The van der Waals surface area contributed by atoms with Gasteiger partial charge in [-0.15, -0.1) is 0 Å². The normalized spacial score (nSPS) is 12.2. The second-order valence-electron chi connectivity index (χ2n) is 5.98. The van der Waals surface area contributed by atoms with Crippen LogP contribution >= 0.6 is 0 Å². The highest BCUT2D eigenvalue weighted by atomic mass is 16.6. The molecule has 1 unspecified atom stereocenters. The molecule has 126 valence electrons. The second kappa shape index (κ2) is 8.99. The van der Waals surface area contributed by atoms with Gasteiger partial charge in [0.15, 0.2) is 0 Å². The molecule has 3 N–H and O–H groups in total. The maximum absolute atomic E-state index is 11.6. The molecule has 0 aliphatic rings. The lowest BCUT2D eigenvalue weighted by Gasteiger charge is -2.19. The lowest BCUT2D eigenvalue weighted by Crippen LogP contribution is -2.32. The largest absolute Gasteiger partial charge is 0.444 e. The van der Waals surface area contributed by atoms with Crippen LogP contribution in [0.2, 0.25) is 0 Å². The maximum Gasteiger partial charge on any atom is 0.407 e. The van der Waals surface area contributed by atoms with Crippen LogP contribution in [0.25, 0.3) is 10.4 Å². The molecule has 1 aromatic carbocycles. The van der Waals surface area contributed by atoms with Gasteiger partial charge in [-0.25, -0.2) is 4.79 Å². The first-order valence-electron chi connectivity index (χ1n) is 7.27. The van der Waals surface area contributed by atoms with Crippen molar-refractivity contribution >= 4 is 6.09 Å². The van der Waals surface area contributed by atoms with E-state index in [9.17, 15) is 9.90 Å². The number of rotatable bonds is 7. The van der Waals surface area contributed by atoms with Crippen molar-refractivity contribution in [1.29, 1.82) is 0 Å². The Balaban J connectivity index is 2.38. The van der Waals surface area contributed by atoms with E-state index in [1.807, 2.05) is 45.0 Å². The Morgan fingerprint density at radius 1 is 1.30 bits per heavy atom. The van der Waals surface area contributed by atoms with Crippen molar-refractivity contribution in [3.05, 3.63) is 45.8 Å². The first-order valence-corrected chi connectivity index (χ1v) is 7.27. The molecule has 0 aromatic heterocycles. The number of benzene rings is 1. The summed E-state index contributed by atoms with van der Waals surface area (Å²) in [5.74, 6) is 0. The smallest absolute Gasteiger partial charge is 0.407 e. The highest BCUT2D eigenvalue weighted by molar-refractivity contribution is 5.67. The van der Waals surface area contributed by atoms with Crippen LogP contribution in [0.4, 0.5) is 4.79 Å². The number of azide groups is 1. The summed E-state index contributed by atoms with van der Waals surface area (Å²) in [7, 11) is 0. The Bertz CT molecular complexity index is 547. The number of hydrogen-bond donors (Lipinski definition) is 3. The predicted molar refractivity (Wildman–Crippen MR) is 86.4 cm³/mol. The third kappa shape index (κ3) is 8.67. The van der Waals surface area contributed by atoms with Crippen molar-refractivity contribution in [2.75, 3.05) is 6.54 Å². The van der Waals surface area contributed by atoms with E-state index in [1.165, 1.54) is 0 Å². The number of carbonyl (C=O) groups excluding carboxylic acids is 1. The summed E-state index contributed by atoms with van der Waals surface area (Å²) in [6, 6.07) is 7.54. The molecule has 0 radical (unpaired) electrons. The number of alkyl carbamates (subject to hydrolysis) is 1. The van der Waals surface area contributed by atoms with E-state index in [0.29, 0.717) is 13.1 Å². The average molecular weight is 321 g/mol. The minimum atomic E-state index is -0.876. The molecule has 8 heteroatoms. The van der Waals surface area contributed by atoms with Crippen molar-refractivity contribution in [1.82, 2.24) is 10.6 Å². The zero-order valence-corrected chi connectivity index (χ0v) is 13.6. The summed E-state index contributed by atoms with van der Waals surface area (Å²) in [4.78, 5) is 14.1. The van der Waals surface area contributed by atoms with Crippen molar-refractivity contribution in [3.8, 4) is 0 Å². The van der Waals surface area contributed by atoms with Gasteiger partial charge in [-0.3, -0.25) is 5.32 Å². The third-order valence-corrected chi connectivity index (χ3v) is 2.72. The van der Waals surface area contributed by atoms with Crippen LogP contribution in [0.3, 0.4) is 0 Å². The molecule has 0 saturated carbocycles. The van der Waals surface area contributed by atoms with E-state index >= 15 is 0 Å². The van der Waals surface area contributed by atoms with Crippen LogP contribution in [0.15, 0.2) is 29.4 Å². The molecular weight excluding hydrogens is 298 g/mol. The Morgan fingerprint density at radius 2 is 1.87 bits per heavy atom. The zero-order valence-electron chi connectivity index (χ0n) is 13.6. The molecule has 1 atom stereocenters. The first-order chi connectivity index (χ1) is 10.8. The number of aliphatic hydroxyl groups excluding tert-OH is 1. The maximum atomic E-state index is 11.6. The average Bonchev–Trinajstić information content (AvgIpc) is 2.48. The molecule has 8 nitrogen and oxygen atoms in total. The molecule has 1 rings (SSSR count). The number of carbonyl (C=O) groups is 1. The van der Waals surface area contributed by atoms with Crippen molar-refractivity contribution in [3.63, 3.8) is 0 Å². The fourth-order valence-corrected chi connectivity index (χ4v) is 1.68. The van der Waals surface area contributed by atoms with Gasteiger partial charge in [0.25, 0.3) is 0 Å². The van der Waals surface area contributed by atoms with Gasteiger partial charge in [0.1, 0.15) is 11.8 Å². The van der Waals surface area contributed by atoms with E-state index in [-0.39, 0.29) is 6.54 Å². The van der Waals surface area contributed by atoms with Gasteiger partial charge in [-0.05, 0) is 37.4 Å².